The lowest BCUT2D eigenvalue weighted by Gasteiger charge is -2.30. The van der Waals surface area contributed by atoms with Crippen molar-refractivity contribution in [2.45, 2.75) is 13.0 Å². The first kappa shape index (κ1) is 16.2. The van der Waals surface area contributed by atoms with Crippen LogP contribution in [0, 0.1) is 0 Å². The maximum Gasteiger partial charge on any atom is 0.250 e. The molecule has 0 saturated carbocycles. The summed E-state index contributed by atoms with van der Waals surface area (Å²) in [6.07, 6.45) is 1.44. The van der Waals surface area contributed by atoms with Gasteiger partial charge in [-0.2, -0.15) is 0 Å². The van der Waals surface area contributed by atoms with Gasteiger partial charge < -0.3 is 25.8 Å². The molecule has 1 amide bonds. The van der Waals surface area contributed by atoms with E-state index < -0.39 is 5.91 Å². The van der Waals surface area contributed by atoms with Crippen LogP contribution in [-0.4, -0.2) is 50.9 Å². The van der Waals surface area contributed by atoms with E-state index in [1.54, 1.807) is 20.3 Å². The Kier molecular flexibility index (Phi) is 6.20. The molecule has 20 heavy (non-hydrogen) atoms. The zero-order valence-corrected chi connectivity index (χ0v) is 12.1. The van der Waals surface area contributed by atoms with Crippen LogP contribution in [0.2, 0.25) is 0 Å². The molecular formula is C13H22N4O3. The van der Waals surface area contributed by atoms with Gasteiger partial charge in [0.25, 0.3) is 5.91 Å². The number of nitrogens with zero attached hydrogens (tertiary/aromatic N) is 2. The van der Waals surface area contributed by atoms with Gasteiger partial charge in [0.2, 0.25) is 0 Å². The molecule has 0 saturated heterocycles. The number of primary amides is 1. The van der Waals surface area contributed by atoms with Crippen molar-refractivity contribution in [3.05, 3.63) is 17.8 Å². The number of anilines is 2. The van der Waals surface area contributed by atoms with Crippen LogP contribution in [0.5, 0.6) is 0 Å². The van der Waals surface area contributed by atoms with Crippen LogP contribution in [0.25, 0.3) is 0 Å². The van der Waals surface area contributed by atoms with Gasteiger partial charge in [-0.15, -0.1) is 0 Å². The molecule has 1 aromatic heterocycles. The van der Waals surface area contributed by atoms with Gasteiger partial charge in [0.05, 0.1) is 36.7 Å². The maximum absolute atomic E-state index is 11.4. The summed E-state index contributed by atoms with van der Waals surface area (Å²) < 4.78 is 10.3. The zero-order chi connectivity index (χ0) is 15.1. The molecule has 7 heteroatoms. The highest BCUT2D eigenvalue weighted by atomic mass is 16.5. The highest BCUT2D eigenvalue weighted by Gasteiger charge is 2.18. The molecule has 1 aromatic rings. The minimum Gasteiger partial charge on any atom is -0.397 e. The Morgan fingerprint density at radius 1 is 1.45 bits per heavy atom. The Morgan fingerprint density at radius 3 is 2.70 bits per heavy atom. The Labute approximate surface area is 118 Å². The molecule has 1 rings (SSSR count). The van der Waals surface area contributed by atoms with E-state index in [9.17, 15) is 4.79 Å². The number of nitrogen functional groups attached to an aromatic ring is 1. The number of carbonyl (C=O) groups is 1. The summed E-state index contributed by atoms with van der Waals surface area (Å²) in [4.78, 5) is 17.6. The van der Waals surface area contributed by atoms with Gasteiger partial charge >= 0.3 is 0 Å². The molecule has 0 aliphatic heterocycles. The average molecular weight is 282 g/mol. The summed E-state index contributed by atoms with van der Waals surface area (Å²) in [7, 11) is 3.26. The second kappa shape index (κ2) is 7.66. The van der Waals surface area contributed by atoms with E-state index >= 15 is 0 Å². The van der Waals surface area contributed by atoms with E-state index in [1.807, 2.05) is 11.8 Å². The predicted octanol–water partition coefficient (Wildman–Crippen LogP) is 0.250. The van der Waals surface area contributed by atoms with E-state index in [0.717, 1.165) is 0 Å². The highest BCUT2D eigenvalue weighted by molar-refractivity contribution is 5.98. The van der Waals surface area contributed by atoms with Crippen molar-refractivity contribution in [2.75, 3.05) is 44.6 Å². The van der Waals surface area contributed by atoms with Crippen LogP contribution in [0.4, 0.5) is 11.5 Å². The molecule has 1 atom stereocenters. The minimum atomic E-state index is -0.572. The third-order valence-corrected chi connectivity index (χ3v) is 2.96. The van der Waals surface area contributed by atoms with E-state index in [4.69, 9.17) is 20.9 Å². The summed E-state index contributed by atoms with van der Waals surface area (Å²) >= 11 is 0. The van der Waals surface area contributed by atoms with Crippen LogP contribution < -0.4 is 16.4 Å². The summed E-state index contributed by atoms with van der Waals surface area (Å²) in [6.45, 7) is 3.69. The van der Waals surface area contributed by atoms with Gasteiger partial charge in [0.1, 0.15) is 5.82 Å². The standard InChI is InChI=1S/C13H22N4O3/c1-9(8-20-3)17(4-5-19-2)12-6-10(13(15)18)11(14)7-16-12/h6-7,9H,4-5,8,14H2,1-3H3,(H2,15,18). The van der Waals surface area contributed by atoms with Crippen molar-refractivity contribution in [2.24, 2.45) is 5.73 Å². The number of methoxy groups -OCH3 is 2. The van der Waals surface area contributed by atoms with Crippen molar-refractivity contribution < 1.29 is 14.3 Å². The van der Waals surface area contributed by atoms with E-state index in [0.29, 0.717) is 25.6 Å². The van der Waals surface area contributed by atoms with Gasteiger partial charge in [-0.3, -0.25) is 4.79 Å². The maximum atomic E-state index is 11.4. The first-order chi connectivity index (χ1) is 9.51. The topological polar surface area (TPSA) is 104 Å². The number of amides is 1. The van der Waals surface area contributed by atoms with Gasteiger partial charge in [-0.1, -0.05) is 0 Å². The molecule has 1 unspecified atom stereocenters. The van der Waals surface area contributed by atoms with Gasteiger partial charge in [-0.05, 0) is 13.0 Å². The van der Waals surface area contributed by atoms with Crippen molar-refractivity contribution in [3.63, 3.8) is 0 Å². The number of carbonyl (C=O) groups excluding carboxylic acids is 1. The Balaban J connectivity index is 3.06. The monoisotopic (exact) mass is 282 g/mol. The van der Waals surface area contributed by atoms with Gasteiger partial charge in [0.15, 0.2) is 0 Å². The molecule has 1 heterocycles. The fourth-order valence-corrected chi connectivity index (χ4v) is 1.91. The minimum absolute atomic E-state index is 0.0759. The molecule has 0 spiro atoms. The number of rotatable bonds is 8. The summed E-state index contributed by atoms with van der Waals surface area (Å²) in [5.74, 6) is 0.0480. The molecule has 4 N–H and O–H groups in total. The fourth-order valence-electron chi connectivity index (χ4n) is 1.91. The van der Waals surface area contributed by atoms with Crippen molar-refractivity contribution in [1.82, 2.24) is 4.98 Å². The molecule has 0 radical (unpaired) electrons. The Bertz CT molecular complexity index is 453. The van der Waals surface area contributed by atoms with Gasteiger partial charge in [0, 0.05) is 20.8 Å². The first-order valence-corrected chi connectivity index (χ1v) is 6.31. The Hall–Kier alpha value is -1.86. The molecule has 0 fully saturated rings. The Morgan fingerprint density at radius 2 is 2.15 bits per heavy atom. The lowest BCUT2D eigenvalue weighted by molar-refractivity contribution is 0.100. The van der Waals surface area contributed by atoms with Crippen molar-refractivity contribution in [3.8, 4) is 0 Å². The quantitative estimate of drug-likeness (QED) is 0.708. The van der Waals surface area contributed by atoms with Crippen molar-refractivity contribution in [1.29, 1.82) is 0 Å². The third kappa shape index (κ3) is 4.07. The molecule has 0 bridgehead atoms. The molecule has 0 aliphatic carbocycles. The molecule has 112 valence electrons. The lowest BCUT2D eigenvalue weighted by Crippen LogP contribution is -2.39. The molecule has 0 aliphatic rings. The number of hydrogen-bond donors (Lipinski definition) is 2. The molecule has 0 aromatic carbocycles. The van der Waals surface area contributed by atoms with E-state index in [2.05, 4.69) is 4.98 Å². The predicted molar refractivity (Wildman–Crippen MR) is 77.7 cm³/mol. The van der Waals surface area contributed by atoms with E-state index in [1.165, 1.54) is 6.20 Å². The number of ether oxygens (including phenoxy) is 2. The van der Waals surface area contributed by atoms with Crippen LogP contribution in [0.3, 0.4) is 0 Å². The second-order valence-corrected chi connectivity index (χ2v) is 4.48. The largest absolute Gasteiger partial charge is 0.397 e. The SMILES string of the molecule is COCCN(c1cc(C(N)=O)c(N)cn1)C(C)COC. The number of nitrogens with two attached hydrogens (primary N) is 2. The zero-order valence-electron chi connectivity index (χ0n) is 12.1. The smallest absolute Gasteiger partial charge is 0.250 e. The van der Waals surface area contributed by atoms with Crippen LogP contribution >= 0.6 is 0 Å². The second-order valence-electron chi connectivity index (χ2n) is 4.48. The lowest BCUT2D eigenvalue weighted by atomic mass is 10.2. The fraction of sp³-hybridized carbons (Fsp3) is 0.538. The van der Waals surface area contributed by atoms with Gasteiger partial charge in [-0.25, -0.2) is 4.98 Å². The highest BCUT2D eigenvalue weighted by Crippen LogP contribution is 2.19. The molecule has 7 nitrogen and oxygen atoms in total. The normalized spacial score (nSPS) is 12.2. The summed E-state index contributed by atoms with van der Waals surface area (Å²) in [5.41, 5.74) is 11.5. The number of hydrogen-bond acceptors (Lipinski definition) is 6. The summed E-state index contributed by atoms with van der Waals surface area (Å²) in [5, 5.41) is 0. The van der Waals surface area contributed by atoms with E-state index in [-0.39, 0.29) is 17.3 Å². The number of pyridine rings is 1. The van der Waals surface area contributed by atoms with Crippen LogP contribution in [0.15, 0.2) is 12.3 Å². The number of aromatic nitrogens is 1. The molecular weight excluding hydrogens is 260 g/mol. The van der Waals surface area contributed by atoms with Crippen LogP contribution in [-0.2, 0) is 9.47 Å². The first-order valence-electron chi connectivity index (χ1n) is 6.31. The summed E-state index contributed by atoms with van der Waals surface area (Å²) in [6, 6.07) is 1.67. The third-order valence-electron chi connectivity index (χ3n) is 2.96. The van der Waals surface area contributed by atoms with Crippen molar-refractivity contribution >= 4 is 17.4 Å². The van der Waals surface area contributed by atoms with Crippen LogP contribution in [0.1, 0.15) is 17.3 Å². The average Bonchev–Trinajstić information content (AvgIpc) is 2.40.